The summed E-state index contributed by atoms with van der Waals surface area (Å²) in [5.41, 5.74) is 3.12. The summed E-state index contributed by atoms with van der Waals surface area (Å²) in [4.78, 5) is 13.5. The van der Waals surface area contributed by atoms with Gasteiger partial charge in [0.2, 0.25) is 0 Å². The zero-order valence-electron chi connectivity index (χ0n) is 16.9. The average Bonchev–Trinajstić information content (AvgIpc) is 3.16. The van der Waals surface area contributed by atoms with Crippen molar-refractivity contribution in [1.82, 2.24) is 20.6 Å². The first kappa shape index (κ1) is 20.8. The second kappa shape index (κ2) is 11.2. The highest BCUT2D eigenvalue weighted by Gasteiger charge is 2.02. The van der Waals surface area contributed by atoms with Crippen molar-refractivity contribution in [3.63, 3.8) is 0 Å². The molecule has 3 rings (SSSR count). The van der Waals surface area contributed by atoms with Gasteiger partial charge in [-0.2, -0.15) is 0 Å². The van der Waals surface area contributed by atoms with Gasteiger partial charge in [-0.25, -0.2) is 9.98 Å². The van der Waals surface area contributed by atoms with E-state index in [0.717, 1.165) is 53.2 Å². The first-order valence-corrected chi connectivity index (χ1v) is 10.7. The van der Waals surface area contributed by atoms with Gasteiger partial charge in [0, 0.05) is 31.1 Å². The molecule has 3 aromatic rings. The number of rotatable bonds is 9. The molecule has 0 radical (unpaired) electrons. The van der Waals surface area contributed by atoms with Crippen LogP contribution >= 0.6 is 11.3 Å². The van der Waals surface area contributed by atoms with Gasteiger partial charge in [-0.15, -0.1) is 11.3 Å². The van der Waals surface area contributed by atoms with Crippen LogP contribution in [0.15, 0.2) is 59.0 Å². The molecule has 2 aromatic heterocycles. The molecule has 0 unspecified atom stereocenters. The Bertz CT molecular complexity index is 910. The first-order valence-electron chi connectivity index (χ1n) is 9.78. The number of thiazole rings is 1. The Morgan fingerprint density at radius 1 is 1.14 bits per heavy atom. The molecular formula is C22H27N5OS. The Balaban J connectivity index is 1.52. The predicted molar refractivity (Wildman–Crippen MR) is 118 cm³/mol. The van der Waals surface area contributed by atoms with Gasteiger partial charge < -0.3 is 15.4 Å². The van der Waals surface area contributed by atoms with E-state index in [1.54, 1.807) is 17.5 Å². The number of guanidine groups is 1. The second-order valence-electron chi connectivity index (χ2n) is 6.49. The van der Waals surface area contributed by atoms with E-state index in [-0.39, 0.29) is 0 Å². The molecule has 0 atom stereocenters. The lowest BCUT2D eigenvalue weighted by Crippen LogP contribution is -2.38. The molecule has 0 aliphatic rings. The molecule has 0 fully saturated rings. The normalized spacial score (nSPS) is 11.3. The van der Waals surface area contributed by atoms with Crippen LogP contribution in [0.1, 0.15) is 28.9 Å². The standard InChI is InChI=1S/C22H27N5OS/c1-3-23-22(25-12-10-20-16-29-17(2)27-20)26-14-18-7-6-9-21(13-18)28-15-19-8-4-5-11-24-19/h4-9,11,13,16H,3,10,12,14-15H2,1-2H3,(H2,23,25,26). The van der Waals surface area contributed by atoms with Gasteiger partial charge in [0.05, 0.1) is 22.9 Å². The highest BCUT2D eigenvalue weighted by molar-refractivity contribution is 7.09. The maximum atomic E-state index is 5.85. The van der Waals surface area contributed by atoms with E-state index in [2.05, 4.69) is 44.0 Å². The van der Waals surface area contributed by atoms with Crippen molar-refractivity contribution in [3.8, 4) is 5.75 Å². The predicted octanol–water partition coefficient (Wildman–Crippen LogP) is 3.72. The molecule has 7 heteroatoms. The largest absolute Gasteiger partial charge is 0.487 e. The molecule has 2 heterocycles. The molecule has 0 saturated heterocycles. The van der Waals surface area contributed by atoms with Crippen molar-refractivity contribution >= 4 is 17.3 Å². The molecule has 0 amide bonds. The summed E-state index contributed by atoms with van der Waals surface area (Å²) in [6.45, 7) is 6.73. The van der Waals surface area contributed by atoms with Gasteiger partial charge in [0.25, 0.3) is 0 Å². The highest BCUT2D eigenvalue weighted by atomic mass is 32.1. The molecule has 152 valence electrons. The summed E-state index contributed by atoms with van der Waals surface area (Å²) in [6.07, 6.45) is 2.65. The van der Waals surface area contributed by atoms with Crippen LogP contribution in [-0.2, 0) is 19.6 Å². The van der Waals surface area contributed by atoms with Crippen LogP contribution < -0.4 is 15.4 Å². The molecule has 6 nitrogen and oxygen atoms in total. The maximum Gasteiger partial charge on any atom is 0.191 e. The van der Waals surface area contributed by atoms with E-state index in [0.29, 0.717) is 13.2 Å². The number of aliphatic imine (C=N–C) groups is 1. The Kier molecular flexibility index (Phi) is 8.01. The van der Waals surface area contributed by atoms with Crippen molar-refractivity contribution in [3.05, 3.63) is 76.0 Å². The van der Waals surface area contributed by atoms with Gasteiger partial charge in [-0.1, -0.05) is 18.2 Å². The van der Waals surface area contributed by atoms with Crippen molar-refractivity contribution in [2.24, 2.45) is 4.99 Å². The van der Waals surface area contributed by atoms with E-state index in [1.807, 2.05) is 43.3 Å². The first-order chi connectivity index (χ1) is 14.2. The molecule has 2 N–H and O–H groups in total. The Labute approximate surface area is 176 Å². The lowest BCUT2D eigenvalue weighted by Gasteiger charge is -2.11. The van der Waals surface area contributed by atoms with Crippen LogP contribution in [0.4, 0.5) is 0 Å². The number of hydrogen-bond donors (Lipinski definition) is 2. The highest BCUT2D eigenvalue weighted by Crippen LogP contribution is 2.15. The molecular weight excluding hydrogens is 382 g/mol. The molecule has 0 aliphatic carbocycles. The van der Waals surface area contributed by atoms with Crippen molar-refractivity contribution in [2.45, 2.75) is 33.4 Å². The fourth-order valence-corrected chi connectivity index (χ4v) is 3.37. The van der Waals surface area contributed by atoms with Gasteiger partial charge in [0.1, 0.15) is 12.4 Å². The van der Waals surface area contributed by atoms with Gasteiger partial charge in [-0.3, -0.25) is 4.98 Å². The van der Waals surface area contributed by atoms with Gasteiger partial charge in [0.15, 0.2) is 5.96 Å². The van der Waals surface area contributed by atoms with Crippen molar-refractivity contribution in [1.29, 1.82) is 0 Å². The van der Waals surface area contributed by atoms with Gasteiger partial charge >= 0.3 is 0 Å². The van der Waals surface area contributed by atoms with E-state index >= 15 is 0 Å². The number of ether oxygens (including phenoxy) is 1. The van der Waals surface area contributed by atoms with E-state index < -0.39 is 0 Å². The minimum atomic E-state index is 0.452. The van der Waals surface area contributed by atoms with E-state index in [4.69, 9.17) is 4.74 Å². The third-order valence-electron chi connectivity index (χ3n) is 4.12. The minimum absolute atomic E-state index is 0.452. The number of hydrogen-bond acceptors (Lipinski definition) is 5. The van der Waals surface area contributed by atoms with E-state index in [9.17, 15) is 0 Å². The van der Waals surface area contributed by atoms with Gasteiger partial charge in [-0.05, 0) is 43.7 Å². The summed E-state index contributed by atoms with van der Waals surface area (Å²) in [7, 11) is 0. The van der Waals surface area contributed by atoms with Crippen LogP contribution in [0.3, 0.4) is 0 Å². The molecule has 0 bridgehead atoms. The average molecular weight is 410 g/mol. The van der Waals surface area contributed by atoms with Crippen LogP contribution in [0, 0.1) is 6.92 Å². The number of pyridine rings is 1. The smallest absolute Gasteiger partial charge is 0.191 e. The third kappa shape index (κ3) is 7.19. The van der Waals surface area contributed by atoms with Crippen LogP contribution in [-0.4, -0.2) is 29.0 Å². The van der Waals surface area contributed by atoms with E-state index in [1.165, 1.54) is 0 Å². The number of aryl methyl sites for hydroxylation is 1. The minimum Gasteiger partial charge on any atom is -0.487 e. The fourth-order valence-electron chi connectivity index (χ4n) is 2.72. The Morgan fingerprint density at radius 2 is 2.07 bits per heavy atom. The fraction of sp³-hybridized carbons (Fsp3) is 0.318. The molecule has 1 aromatic carbocycles. The second-order valence-corrected chi connectivity index (χ2v) is 7.55. The van der Waals surface area contributed by atoms with Crippen LogP contribution in [0.5, 0.6) is 5.75 Å². The van der Waals surface area contributed by atoms with Crippen LogP contribution in [0.2, 0.25) is 0 Å². The number of nitrogens with zero attached hydrogens (tertiary/aromatic N) is 3. The summed E-state index contributed by atoms with van der Waals surface area (Å²) in [6, 6.07) is 13.8. The lowest BCUT2D eigenvalue weighted by atomic mass is 10.2. The molecule has 0 spiro atoms. The Hall–Kier alpha value is -2.93. The quantitative estimate of drug-likeness (QED) is 0.416. The van der Waals surface area contributed by atoms with Crippen molar-refractivity contribution < 1.29 is 4.74 Å². The SMILES string of the molecule is CCNC(=NCc1cccc(OCc2ccccn2)c1)NCCc1csc(C)n1. The monoisotopic (exact) mass is 409 g/mol. The summed E-state index contributed by atoms with van der Waals surface area (Å²) >= 11 is 1.68. The topological polar surface area (TPSA) is 71.4 Å². The number of aromatic nitrogens is 2. The molecule has 0 saturated carbocycles. The summed E-state index contributed by atoms with van der Waals surface area (Å²) < 4.78 is 5.85. The number of benzene rings is 1. The molecule has 29 heavy (non-hydrogen) atoms. The number of nitrogens with one attached hydrogen (secondary N) is 2. The lowest BCUT2D eigenvalue weighted by molar-refractivity contribution is 0.301. The summed E-state index contributed by atoms with van der Waals surface area (Å²) in [5, 5.41) is 9.87. The third-order valence-corrected chi connectivity index (χ3v) is 4.94. The Morgan fingerprint density at radius 3 is 2.83 bits per heavy atom. The zero-order chi connectivity index (χ0) is 20.3. The summed E-state index contributed by atoms with van der Waals surface area (Å²) in [5.74, 6) is 1.62. The van der Waals surface area contributed by atoms with Crippen molar-refractivity contribution in [2.75, 3.05) is 13.1 Å². The molecule has 0 aliphatic heterocycles. The zero-order valence-corrected chi connectivity index (χ0v) is 17.7. The maximum absolute atomic E-state index is 5.85. The van der Waals surface area contributed by atoms with Crippen LogP contribution in [0.25, 0.3) is 0 Å².